The molecule has 3 N–H and O–H groups in total. The summed E-state index contributed by atoms with van der Waals surface area (Å²) in [4.78, 5) is 22.7. The molecule has 92 valence electrons. The molecule has 0 bridgehead atoms. The van der Waals surface area contributed by atoms with E-state index in [0.29, 0.717) is 5.56 Å². The van der Waals surface area contributed by atoms with Gasteiger partial charge in [0.25, 0.3) is 5.91 Å². The SMILES string of the molecule is Cc1cccc(C(=O)Nc2cn[nH]c2C(=O)O)c1. The predicted octanol–water partition coefficient (Wildman–Crippen LogP) is 1.67. The van der Waals surface area contributed by atoms with Crippen molar-refractivity contribution in [1.29, 1.82) is 0 Å². The van der Waals surface area contributed by atoms with E-state index in [1.165, 1.54) is 6.20 Å². The number of amides is 1. The van der Waals surface area contributed by atoms with Crippen molar-refractivity contribution in [3.63, 3.8) is 0 Å². The molecule has 0 spiro atoms. The van der Waals surface area contributed by atoms with Gasteiger partial charge < -0.3 is 10.4 Å². The van der Waals surface area contributed by atoms with Crippen LogP contribution in [0.1, 0.15) is 26.4 Å². The molecule has 0 unspecified atom stereocenters. The number of carboxylic acids is 1. The predicted molar refractivity (Wildman–Crippen MR) is 64.7 cm³/mol. The first-order chi connectivity index (χ1) is 8.58. The van der Waals surface area contributed by atoms with E-state index in [1.54, 1.807) is 18.2 Å². The van der Waals surface area contributed by atoms with E-state index in [-0.39, 0.29) is 17.3 Å². The van der Waals surface area contributed by atoms with Crippen LogP contribution in [-0.4, -0.2) is 27.2 Å². The number of benzene rings is 1. The minimum atomic E-state index is -1.17. The largest absolute Gasteiger partial charge is 0.476 e. The van der Waals surface area contributed by atoms with Gasteiger partial charge in [-0.3, -0.25) is 9.89 Å². The molecule has 0 aliphatic heterocycles. The Hall–Kier alpha value is -2.63. The Kier molecular flexibility index (Phi) is 3.09. The number of carboxylic acid groups (broad SMARTS) is 1. The van der Waals surface area contributed by atoms with Crippen molar-refractivity contribution in [3.8, 4) is 0 Å². The molecule has 2 rings (SSSR count). The topological polar surface area (TPSA) is 95.1 Å². The number of aromatic amines is 1. The zero-order valence-electron chi connectivity index (χ0n) is 9.60. The quantitative estimate of drug-likeness (QED) is 0.766. The monoisotopic (exact) mass is 245 g/mol. The lowest BCUT2D eigenvalue weighted by molar-refractivity contribution is 0.0691. The van der Waals surface area contributed by atoms with Crippen LogP contribution in [0.5, 0.6) is 0 Å². The van der Waals surface area contributed by atoms with Crippen LogP contribution in [0, 0.1) is 6.92 Å². The maximum absolute atomic E-state index is 11.9. The van der Waals surface area contributed by atoms with Crippen molar-refractivity contribution < 1.29 is 14.7 Å². The number of carbonyl (C=O) groups excluding carboxylic acids is 1. The molecule has 0 saturated heterocycles. The summed E-state index contributed by atoms with van der Waals surface area (Å²) in [6.07, 6.45) is 1.26. The molecule has 6 nitrogen and oxygen atoms in total. The molecule has 0 saturated carbocycles. The first kappa shape index (κ1) is 11.8. The van der Waals surface area contributed by atoms with E-state index in [1.807, 2.05) is 13.0 Å². The standard InChI is InChI=1S/C12H11N3O3/c1-7-3-2-4-8(5-7)11(16)14-9-6-13-15-10(9)12(17)18/h2-6H,1H3,(H,13,15)(H,14,16)(H,17,18). The highest BCUT2D eigenvalue weighted by Crippen LogP contribution is 2.13. The lowest BCUT2D eigenvalue weighted by atomic mass is 10.1. The molecule has 0 aliphatic rings. The van der Waals surface area contributed by atoms with Crippen LogP contribution in [0.15, 0.2) is 30.5 Å². The van der Waals surface area contributed by atoms with Gasteiger partial charge in [-0.05, 0) is 19.1 Å². The fourth-order valence-corrected chi connectivity index (χ4v) is 1.52. The van der Waals surface area contributed by atoms with E-state index in [4.69, 9.17) is 5.11 Å². The molecule has 1 heterocycles. The fraction of sp³-hybridized carbons (Fsp3) is 0.0833. The van der Waals surface area contributed by atoms with Crippen LogP contribution in [0.2, 0.25) is 0 Å². The molecule has 2 aromatic rings. The Labute approximate surface area is 103 Å². The number of aromatic nitrogens is 2. The van der Waals surface area contributed by atoms with E-state index in [2.05, 4.69) is 15.5 Å². The van der Waals surface area contributed by atoms with Crippen molar-refractivity contribution in [2.75, 3.05) is 5.32 Å². The van der Waals surface area contributed by atoms with E-state index < -0.39 is 5.97 Å². The summed E-state index contributed by atoms with van der Waals surface area (Å²) >= 11 is 0. The van der Waals surface area contributed by atoms with Gasteiger partial charge in [-0.1, -0.05) is 17.7 Å². The number of carbonyl (C=O) groups is 2. The van der Waals surface area contributed by atoms with Gasteiger partial charge in [-0.2, -0.15) is 5.10 Å². The highest BCUT2D eigenvalue weighted by atomic mass is 16.4. The lowest BCUT2D eigenvalue weighted by Gasteiger charge is -2.04. The Morgan fingerprint density at radius 1 is 1.39 bits per heavy atom. The summed E-state index contributed by atoms with van der Waals surface area (Å²) in [5.41, 5.74) is 1.42. The van der Waals surface area contributed by atoms with Crippen LogP contribution in [0.3, 0.4) is 0 Å². The molecule has 6 heteroatoms. The second-order valence-electron chi connectivity index (χ2n) is 3.79. The van der Waals surface area contributed by atoms with Gasteiger partial charge in [0.2, 0.25) is 0 Å². The molecule has 0 aliphatic carbocycles. The second kappa shape index (κ2) is 4.70. The number of nitrogens with one attached hydrogen (secondary N) is 2. The molecular weight excluding hydrogens is 234 g/mol. The van der Waals surface area contributed by atoms with Crippen molar-refractivity contribution in [2.24, 2.45) is 0 Å². The van der Waals surface area contributed by atoms with Gasteiger partial charge >= 0.3 is 5.97 Å². The number of nitrogens with zero attached hydrogens (tertiary/aromatic N) is 1. The molecule has 18 heavy (non-hydrogen) atoms. The number of H-pyrrole nitrogens is 1. The Balaban J connectivity index is 2.21. The summed E-state index contributed by atoms with van der Waals surface area (Å²) in [7, 11) is 0. The van der Waals surface area contributed by atoms with Gasteiger partial charge in [0.15, 0.2) is 5.69 Å². The highest BCUT2D eigenvalue weighted by Gasteiger charge is 2.15. The van der Waals surface area contributed by atoms with Gasteiger partial charge in [0, 0.05) is 5.56 Å². The Morgan fingerprint density at radius 3 is 2.83 bits per heavy atom. The summed E-state index contributed by atoms with van der Waals surface area (Å²) in [6.45, 7) is 1.87. The third-order valence-electron chi connectivity index (χ3n) is 2.38. The first-order valence-corrected chi connectivity index (χ1v) is 5.22. The van der Waals surface area contributed by atoms with Gasteiger partial charge in [0.1, 0.15) is 0 Å². The first-order valence-electron chi connectivity index (χ1n) is 5.22. The number of anilines is 1. The third-order valence-corrected chi connectivity index (χ3v) is 2.38. The van der Waals surface area contributed by atoms with Crippen molar-refractivity contribution in [3.05, 3.63) is 47.3 Å². The summed E-state index contributed by atoms with van der Waals surface area (Å²) in [5.74, 6) is -1.55. The number of aromatic carboxylic acids is 1. The molecule has 0 radical (unpaired) electrons. The van der Waals surface area contributed by atoms with E-state index in [0.717, 1.165) is 5.56 Å². The summed E-state index contributed by atoms with van der Waals surface area (Å²) in [5, 5.41) is 17.3. The second-order valence-corrected chi connectivity index (χ2v) is 3.79. The maximum atomic E-state index is 11.9. The maximum Gasteiger partial charge on any atom is 0.356 e. The Bertz CT molecular complexity index is 604. The normalized spacial score (nSPS) is 10.1. The van der Waals surface area contributed by atoms with Crippen molar-refractivity contribution in [1.82, 2.24) is 10.2 Å². The lowest BCUT2D eigenvalue weighted by Crippen LogP contribution is -2.14. The highest BCUT2D eigenvalue weighted by molar-refractivity contribution is 6.07. The van der Waals surface area contributed by atoms with E-state index >= 15 is 0 Å². The number of hydrogen-bond donors (Lipinski definition) is 3. The van der Waals surface area contributed by atoms with E-state index in [9.17, 15) is 9.59 Å². The van der Waals surface area contributed by atoms with Crippen LogP contribution < -0.4 is 5.32 Å². The molecule has 1 aromatic carbocycles. The smallest absolute Gasteiger partial charge is 0.356 e. The molecule has 1 amide bonds. The van der Waals surface area contributed by atoms with Crippen LogP contribution in [-0.2, 0) is 0 Å². The van der Waals surface area contributed by atoms with Gasteiger partial charge in [0.05, 0.1) is 11.9 Å². The minimum Gasteiger partial charge on any atom is -0.476 e. The fourth-order valence-electron chi connectivity index (χ4n) is 1.52. The average Bonchev–Trinajstić information content (AvgIpc) is 2.77. The van der Waals surface area contributed by atoms with Gasteiger partial charge in [-0.15, -0.1) is 0 Å². The van der Waals surface area contributed by atoms with Crippen LogP contribution >= 0.6 is 0 Å². The van der Waals surface area contributed by atoms with Crippen molar-refractivity contribution >= 4 is 17.6 Å². The number of rotatable bonds is 3. The zero-order chi connectivity index (χ0) is 13.1. The minimum absolute atomic E-state index is 0.143. The molecule has 0 atom stereocenters. The van der Waals surface area contributed by atoms with Crippen molar-refractivity contribution in [2.45, 2.75) is 6.92 Å². The summed E-state index contributed by atoms with van der Waals surface area (Å²) < 4.78 is 0. The summed E-state index contributed by atoms with van der Waals surface area (Å²) in [6, 6.07) is 7.01. The third kappa shape index (κ3) is 2.37. The van der Waals surface area contributed by atoms with Gasteiger partial charge in [-0.25, -0.2) is 4.79 Å². The zero-order valence-corrected chi connectivity index (χ0v) is 9.60. The molecule has 1 aromatic heterocycles. The average molecular weight is 245 g/mol. The number of hydrogen-bond acceptors (Lipinski definition) is 3. The molecule has 0 fully saturated rings. The van der Waals surface area contributed by atoms with Crippen LogP contribution in [0.4, 0.5) is 5.69 Å². The number of aryl methyl sites for hydroxylation is 1. The van der Waals surface area contributed by atoms with Crippen LogP contribution in [0.25, 0.3) is 0 Å². The Morgan fingerprint density at radius 2 is 2.17 bits per heavy atom. The molecular formula is C12H11N3O3.